The normalized spacial score (nSPS) is 10.2. The van der Waals surface area contributed by atoms with Crippen molar-refractivity contribution in [2.75, 3.05) is 0 Å². The number of esters is 1. The Morgan fingerprint density at radius 1 is 1.00 bits per heavy atom. The number of ether oxygens (including phenoxy) is 1. The van der Waals surface area contributed by atoms with Crippen LogP contribution in [0.3, 0.4) is 0 Å². The molecule has 0 amide bonds. The molecule has 2 aromatic carbocycles. The first-order valence-electron chi connectivity index (χ1n) is 7.28. The summed E-state index contributed by atoms with van der Waals surface area (Å²) in [6.07, 6.45) is 0.511. The van der Waals surface area contributed by atoms with Crippen LogP contribution < -0.4 is 4.74 Å². The highest BCUT2D eigenvalue weighted by Crippen LogP contribution is 2.29. The minimum atomic E-state index is -0.429. The van der Waals surface area contributed by atoms with Gasteiger partial charge in [-0.05, 0) is 43.3 Å². The fourth-order valence-corrected chi connectivity index (χ4v) is 2.64. The van der Waals surface area contributed by atoms with Gasteiger partial charge >= 0.3 is 5.97 Å². The number of carbonyl (C=O) groups is 2. The molecule has 0 atom stereocenters. The Bertz CT molecular complexity index is 715. The Labute approximate surface area is 140 Å². The zero-order valence-electron chi connectivity index (χ0n) is 13.2. The fourth-order valence-electron chi connectivity index (χ4n) is 1.82. The second kappa shape index (κ2) is 7.79. The quantitative estimate of drug-likeness (QED) is 0.327. The smallest absolute Gasteiger partial charge is 0.338 e. The maximum atomic E-state index is 11.6. The van der Waals surface area contributed by atoms with Gasteiger partial charge in [-0.15, -0.1) is 0 Å². The van der Waals surface area contributed by atoms with E-state index in [1.807, 2.05) is 43.3 Å². The van der Waals surface area contributed by atoms with Crippen molar-refractivity contribution in [3.05, 3.63) is 66.2 Å². The fraction of sp³-hybridized carbons (Fsp3) is 0.158. The van der Waals surface area contributed by atoms with Gasteiger partial charge in [-0.1, -0.05) is 37.4 Å². The standard InChI is InChI=1S/C19H18O3S/c1-4-18(20)14-5-9-16(10-6-14)23-17-11-7-15(8-12-17)22-19(21)13(2)3/h5-12H,2,4H2,1,3H3. The summed E-state index contributed by atoms with van der Waals surface area (Å²) >= 11 is 1.58. The molecule has 0 unspecified atom stereocenters. The van der Waals surface area contributed by atoms with Gasteiger partial charge in [0.1, 0.15) is 5.75 Å². The van der Waals surface area contributed by atoms with Crippen LogP contribution in [0.25, 0.3) is 0 Å². The lowest BCUT2D eigenvalue weighted by atomic mass is 10.1. The number of benzene rings is 2. The van der Waals surface area contributed by atoms with Crippen LogP contribution in [0.15, 0.2) is 70.5 Å². The Balaban J connectivity index is 2.02. The molecule has 2 rings (SSSR count). The highest BCUT2D eigenvalue weighted by atomic mass is 32.2. The first kappa shape index (κ1) is 17.0. The van der Waals surface area contributed by atoms with Gasteiger partial charge in [-0.25, -0.2) is 4.79 Å². The first-order chi connectivity index (χ1) is 11.0. The van der Waals surface area contributed by atoms with Crippen LogP contribution >= 0.6 is 11.8 Å². The number of hydrogen-bond donors (Lipinski definition) is 0. The van der Waals surface area contributed by atoms with Crippen LogP contribution in [0.2, 0.25) is 0 Å². The van der Waals surface area contributed by atoms with E-state index in [2.05, 4.69) is 6.58 Å². The molecule has 23 heavy (non-hydrogen) atoms. The number of hydrogen-bond acceptors (Lipinski definition) is 4. The average molecular weight is 326 g/mol. The maximum absolute atomic E-state index is 11.6. The van der Waals surface area contributed by atoms with Crippen LogP contribution in [-0.2, 0) is 4.79 Å². The summed E-state index contributed by atoms with van der Waals surface area (Å²) in [7, 11) is 0. The largest absolute Gasteiger partial charge is 0.423 e. The van der Waals surface area contributed by atoms with E-state index in [-0.39, 0.29) is 5.78 Å². The van der Waals surface area contributed by atoms with E-state index in [0.717, 1.165) is 15.4 Å². The van der Waals surface area contributed by atoms with Crippen molar-refractivity contribution in [3.8, 4) is 5.75 Å². The van der Waals surface area contributed by atoms with Gasteiger partial charge in [-0.2, -0.15) is 0 Å². The van der Waals surface area contributed by atoms with E-state index in [1.165, 1.54) is 0 Å². The Morgan fingerprint density at radius 3 is 2.00 bits per heavy atom. The molecule has 0 N–H and O–H groups in total. The summed E-state index contributed by atoms with van der Waals surface area (Å²) in [6.45, 7) is 7.01. The minimum absolute atomic E-state index is 0.144. The van der Waals surface area contributed by atoms with E-state index < -0.39 is 5.97 Å². The zero-order valence-corrected chi connectivity index (χ0v) is 14.0. The Morgan fingerprint density at radius 2 is 1.52 bits per heavy atom. The molecule has 4 heteroatoms. The van der Waals surface area contributed by atoms with Crippen LogP contribution in [0, 0.1) is 0 Å². The molecule has 0 aromatic heterocycles. The molecule has 2 aromatic rings. The van der Waals surface area contributed by atoms with Crippen LogP contribution in [0.5, 0.6) is 5.75 Å². The number of Topliss-reactive ketones (excluding diaryl/α,β-unsaturated/α-hetero) is 1. The summed E-state index contributed by atoms with van der Waals surface area (Å²) in [6, 6.07) is 14.8. The highest BCUT2D eigenvalue weighted by Gasteiger charge is 2.06. The first-order valence-corrected chi connectivity index (χ1v) is 8.10. The van der Waals surface area contributed by atoms with Gasteiger partial charge in [0.15, 0.2) is 5.78 Å². The number of rotatable bonds is 6. The third kappa shape index (κ3) is 4.83. The molecule has 0 heterocycles. The van der Waals surface area contributed by atoms with Gasteiger partial charge < -0.3 is 4.74 Å². The molecule has 0 aliphatic carbocycles. The Kier molecular flexibility index (Phi) is 5.77. The molecule has 0 spiro atoms. The zero-order chi connectivity index (χ0) is 16.8. The van der Waals surface area contributed by atoms with Crippen molar-refractivity contribution in [1.29, 1.82) is 0 Å². The highest BCUT2D eigenvalue weighted by molar-refractivity contribution is 7.99. The van der Waals surface area contributed by atoms with Crippen LogP contribution in [-0.4, -0.2) is 11.8 Å². The summed E-state index contributed by atoms with van der Waals surface area (Å²) < 4.78 is 5.15. The predicted octanol–water partition coefficient (Wildman–Crippen LogP) is 4.91. The molecule has 0 aliphatic heterocycles. The van der Waals surface area contributed by atoms with Crippen molar-refractivity contribution in [2.24, 2.45) is 0 Å². The maximum Gasteiger partial charge on any atom is 0.338 e. The minimum Gasteiger partial charge on any atom is -0.423 e. The summed E-state index contributed by atoms with van der Waals surface area (Å²) in [5.41, 5.74) is 1.10. The van der Waals surface area contributed by atoms with Gasteiger partial charge in [-0.3, -0.25) is 4.79 Å². The average Bonchev–Trinajstić information content (AvgIpc) is 2.56. The van der Waals surface area contributed by atoms with E-state index >= 15 is 0 Å². The van der Waals surface area contributed by atoms with Crippen molar-refractivity contribution >= 4 is 23.5 Å². The molecule has 0 radical (unpaired) electrons. The third-order valence-electron chi connectivity index (χ3n) is 3.12. The third-order valence-corrected chi connectivity index (χ3v) is 4.13. The molecule has 118 valence electrons. The van der Waals surface area contributed by atoms with Gasteiger partial charge in [0.25, 0.3) is 0 Å². The molecule has 0 fully saturated rings. The van der Waals surface area contributed by atoms with E-state index in [9.17, 15) is 9.59 Å². The van der Waals surface area contributed by atoms with Crippen molar-refractivity contribution in [3.63, 3.8) is 0 Å². The molecule has 0 bridgehead atoms. The molecule has 0 aliphatic rings. The monoisotopic (exact) mass is 326 g/mol. The van der Waals surface area contributed by atoms with E-state index in [4.69, 9.17) is 4.74 Å². The second-order valence-corrected chi connectivity index (χ2v) is 6.19. The second-order valence-electron chi connectivity index (χ2n) is 5.04. The van der Waals surface area contributed by atoms with Crippen LogP contribution in [0.4, 0.5) is 0 Å². The van der Waals surface area contributed by atoms with E-state index in [0.29, 0.717) is 17.7 Å². The molecular weight excluding hydrogens is 308 g/mol. The van der Waals surface area contributed by atoms with Gasteiger partial charge in [0, 0.05) is 27.3 Å². The number of ketones is 1. The molecule has 0 saturated carbocycles. The molecule has 0 saturated heterocycles. The topological polar surface area (TPSA) is 43.4 Å². The summed E-state index contributed by atoms with van der Waals surface area (Å²) in [4.78, 5) is 25.1. The molecule has 3 nitrogen and oxygen atoms in total. The van der Waals surface area contributed by atoms with Crippen molar-refractivity contribution in [1.82, 2.24) is 0 Å². The number of carbonyl (C=O) groups excluding carboxylic acids is 2. The molecular formula is C19H18O3S. The lowest BCUT2D eigenvalue weighted by Crippen LogP contribution is -2.07. The van der Waals surface area contributed by atoms with Gasteiger partial charge in [0.05, 0.1) is 0 Å². The summed E-state index contributed by atoms with van der Waals surface area (Å²) in [5.74, 6) is 0.207. The predicted molar refractivity (Wildman–Crippen MR) is 92.1 cm³/mol. The van der Waals surface area contributed by atoms with Crippen molar-refractivity contribution < 1.29 is 14.3 Å². The van der Waals surface area contributed by atoms with E-state index in [1.54, 1.807) is 30.8 Å². The Hall–Kier alpha value is -2.33. The lowest BCUT2D eigenvalue weighted by molar-refractivity contribution is -0.130. The lowest BCUT2D eigenvalue weighted by Gasteiger charge is -2.06. The summed E-state index contributed by atoms with van der Waals surface area (Å²) in [5, 5.41) is 0. The van der Waals surface area contributed by atoms with Crippen molar-refractivity contribution in [2.45, 2.75) is 30.1 Å². The van der Waals surface area contributed by atoms with Crippen LogP contribution in [0.1, 0.15) is 30.6 Å². The SMILES string of the molecule is C=C(C)C(=O)Oc1ccc(Sc2ccc(C(=O)CC)cc2)cc1. The van der Waals surface area contributed by atoms with Gasteiger partial charge in [0.2, 0.25) is 0 Å².